The van der Waals surface area contributed by atoms with Crippen molar-refractivity contribution in [3.8, 4) is 11.5 Å². The first-order valence-corrected chi connectivity index (χ1v) is 4.30. The first kappa shape index (κ1) is 8.37. The molecule has 0 saturated carbocycles. The highest BCUT2D eigenvalue weighted by Crippen LogP contribution is 2.36. The van der Waals surface area contributed by atoms with Crippen LogP contribution in [0.1, 0.15) is 0 Å². The minimum absolute atomic E-state index is 0.479. The number of ether oxygens (including phenoxy) is 2. The number of carbonyl (C=O) groups is 1. The third kappa shape index (κ3) is 1.47. The molecular formula is C8H5BrNO3. The average Bonchev–Trinajstić information content (AvgIpc) is 2.46. The molecule has 1 aromatic rings. The van der Waals surface area contributed by atoms with Crippen LogP contribution in [0.2, 0.25) is 0 Å². The van der Waals surface area contributed by atoms with Crippen molar-refractivity contribution in [2.75, 3.05) is 0 Å². The Kier molecular flexibility index (Phi) is 1.88. The van der Waals surface area contributed by atoms with Crippen molar-refractivity contribution in [3.05, 3.63) is 22.7 Å². The Labute approximate surface area is 82.8 Å². The normalized spacial score (nSPS) is 18.7. The lowest BCUT2D eigenvalue weighted by Crippen LogP contribution is -2.35. The van der Waals surface area contributed by atoms with E-state index in [1.165, 1.54) is 0 Å². The number of fused-ring (bicyclic) bond motifs is 1. The van der Waals surface area contributed by atoms with Gasteiger partial charge in [0.2, 0.25) is 0 Å². The SMILES string of the molecule is NC(=O)C1Oc2c[c]c(Br)cc2O1. The number of hydrogen-bond donors (Lipinski definition) is 1. The predicted octanol–water partition coefficient (Wildman–Crippen LogP) is 0.832. The number of halogens is 1. The predicted molar refractivity (Wildman–Crippen MR) is 47.2 cm³/mol. The van der Waals surface area contributed by atoms with E-state index in [0.717, 1.165) is 4.47 Å². The summed E-state index contributed by atoms with van der Waals surface area (Å²) in [6.45, 7) is 0. The van der Waals surface area contributed by atoms with E-state index < -0.39 is 12.2 Å². The maximum absolute atomic E-state index is 10.7. The molecular weight excluding hydrogens is 238 g/mol. The van der Waals surface area contributed by atoms with Gasteiger partial charge in [-0.05, 0) is 12.1 Å². The standard InChI is InChI=1S/C8H5BrNO3/c9-4-1-2-5-6(3-4)13-8(12-5)7(10)11/h2-3,8H,(H2,10,11). The first-order valence-electron chi connectivity index (χ1n) is 3.50. The zero-order chi connectivity index (χ0) is 9.42. The van der Waals surface area contributed by atoms with Gasteiger partial charge in [-0.15, -0.1) is 0 Å². The van der Waals surface area contributed by atoms with Crippen molar-refractivity contribution in [1.82, 2.24) is 0 Å². The fourth-order valence-corrected chi connectivity index (χ4v) is 1.31. The number of rotatable bonds is 1. The minimum Gasteiger partial charge on any atom is -0.442 e. The Hall–Kier alpha value is -1.23. The highest BCUT2D eigenvalue weighted by atomic mass is 79.9. The highest BCUT2D eigenvalue weighted by molar-refractivity contribution is 9.10. The summed E-state index contributed by atoms with van der Waals surface area (Å²) in [6.07, 6.45) is -1.02. The van der Waals surface area contributed by atoms with E-state index in [9.17, 15) is 4.79 Å². The smallest absolute Gasteiger partial charge is 0.321 e. The topological polar surface area (TPSA) is 61.6 Å². The van der Waals surface area contributed by atoms with E-state index in [4.69, 9.17) is 15.2 Å². The van der Waals surface area contributed by atoms with Gasteiger partial charge in [0.25, 0.3) is 5.91 Å². The maximum Gasteiger partial charge on any atom is 0.321 e. The number of hydrogen-bond acceptors (Lipinski definition) is 3. The van der Waals surface area contributed by atoms with Crippen molar-refractivity contribution in [2.45, 2.75) is 6.29 Å². The molecule has 1 radical (unpaired) electrons. The third-order valence-electron chi connectivity index (χ3n) is 1.54. The molecule has 0 spiro atoms. The second-order valence-corrected chi connectivity index (χ2v) is 3.33. The minimum atomic E-state index is -1.02. The second-order valence-electron chi connectivity index (χ2n) is 2.48. The molecule has 67 valence electrons. The number of nitrogens with two attached hydrogens (primary N) is 1. The summed E-state index contributed by atoms with van der Waals surface area (Å²) in [4.78, 5) is 10.7. The maximum atomic E-state index is 10.7. The Morgan fingerprint density at radius 1 is 1.54 bits per heavy atom. The fourth-order valence-electron chi connectivity index (χ4n) is 0.989. The largest absolute Gasteiger partial charge is 0.442 e. The lowest BCUT2D eigenvalue weighted by Gasteiger charge is -2.03. The quantitative estimate of drug-likeness (QED) is 0.794. The van der Waals surface area contributed by atoms with Crippen LogP contribution >= 0.6 is 15.9 Å². The van der Waals surface area contributed by atoms with Crippen LogP contribution in [0, 0.1) is 6.07 Å². The van der Waals surface area contributed by atoms with Crippen LogP contribution in [0.5, 0.6) is 11.5 Å². The molecule has 1 amide bonds. The summed E-state index contributed by atoms with van der Waals surface area (Å²) >= 11 is 3.21. The van der Waals surface area contributed by atoms with Crippen LogP contribution in [-0.4, -0.2) is 12.2 Å². The summed E-state index contributed by atoms with van der Waals surface area (Å²) in [6, 6.07) is 6.10. The van der Waals surface area contributed by atoms with Gasteiger partial charge in [0.05, 0.1) is 0 Å². The van der Waals surface area contributed by atoms with Gasteiger partial charge in [0.15, 0.2) is 11.5 Å². The van der Waals surface area contributed by atoms with Crippen molar-refractivity contribution < 1.29 is 14.3 Å². The van der Waals surface area contributed by atoms with E-state index >= 15 is 0 Å². The zero-order valence-corrected chi connectivity index (χ0v) is 8.00. The van der Waals surface area contributed by atoms with Crippen LogP contribution in [-0.2, 0) is 4.79 Å². The lowest BCUT2D eigenvalue weighted by molar-refractivity contribution is -0.133. The second kappa shape index (κ2) is 2.92. The van der Waals surface area contributed by atoms with Gasteiger partial charge < -0.3 is 15.2 Å². The Morgan fingerprint density at radius 3 is 2.92 bits per heavy atom. The zero-order valence-electron chi connectivity index (χ0n) is 6.41. The molecule has 5 heteroatoms. The van der Waals surface area contributed by atoms with Crippen molar-refractivity contribution in [1.29, 1.82) is 0 Å². The van der Waals surface area contributed by atoms with Gasteiger partial charge in [-0.3, -0.25) is 4.79 Å². The summed E-state index contributed by atoms with van der Waals surface area (Å²) < 4.78 is 10.9. The van der Waals surface area contributed by atoms with Crippen molar-refractivity contribution >= 4 is 21.8 Å². The van der Waals surface area contributed by atoms with Gasteiger partial charge in [0, 0.05) is 10.5 Å². The van der Waals surface area contributed by atoms with Crippen LogP contribution in [0.4, 0.5) is 0 Å². The van der Waals surface area contributed by atoms with Gasteiger partial charge >= 0.3 is 6.29 Å². The van der Waals surface area contributed by atoms with E-state index in [2.05, 4.69) is 22.0 Å². The van der Waals surface area contributed by atoms with Gasteiger partial charge in [-0.2, -0.15) is 0 Å². The highest BCUT2D eigenvalue weighted by Gasteiger charge is 2.28. The number of benzene rings is 1. The number of primary amides is 1. The summed E-state index contributed by atoms with van der Waals surface area (Å²) in [5.74, 6) is 0.328. The molecule has 0 saturated heterocycles. The molecule has 0 bridgehead atoms. The molecule has 13 heavy (non-hydrogen) atoms. The first-order chi connectivity index (χ1) is 6.16. The van der Waals surface area contributed by atoms with Crippen LogP contribution in [0.25, 0.3) is 0 Å². The summed E-state index contributed by atoms with van der Waals surface area (Å²) in [7, 11) is 0. The Balaban J connectivity index is 2.30. The molecule has 0 aliphatic carbocycles. The van der Waals surface area contributed by atoms with Gasteiger partial charge in [0.1, 0.15) is 0 Å². The van der Waals surface area contributed by atoms with E-state index in [-0.39, 0.29) is 0 Å². The van der Waals surface area contributed by atoms with E-state index in [1.807, 2.05) is 0 Å². The molecule has 0 fully saturated rings. The lowest BCUT2D eigenvalue weighted by atomic mass is 10.3. The number of amides is 1. The average molecular weight is 243 g/mol. The van der Waals surface area contributed by atoms with Crippen LogP contribution < -0.4 is 15.2 Å². The van der Waals surface area contributed by atoms with Crippen molar-refractivity contribution in [2.24, 2.45) is 5.73 Å². The van der Waals surface area contributed by atoms with E-state index in [1.54, 1.807) is 12.1 Å². The molecule has 1 heterocycles. The summed E-state index contributed by atoms with van der Waals surface area (Å²) in [5.41, 5.74) is 5.00. The molecule has 1 unspecified atom stereocenters. The van der Waals surface area contributed by atoms with E-state index in [0.29, 0.717) is 11.5 Å². The number of carbonyl (C=O) groups excluding carboxylic acids is 1. The van der Waals surface area contributed by atoms with Gasteiger partial charge in [-0.1, -0.05) is 15.9 Å². The van der Waals surface area contributed by atoms with Gasteiger partial charge in [-0.25, -0.2) is 0 Å². The van der Waals surface area contributed by atoms with Crippen molar-refractivity contribution in [3.63, 3.8) is 0 Å². The fraction of sp³-hybridized carbons (Fsp3) is 0.125. The summed E-state index contributed by atoms with van der Waals surface area (Å²) in [5, 5.41) is 0. The molecule has 2 rings (SSSR count). The molecule has 0 aromatic heterocycles. The molecule has 1 aromatic carbocycles. The monoisotopic (exact) mass is 242 g/mol. The molecule has 2 N–H and O–H groups in total. The Morgan fingerprint density at radius 2 is 2.23 bits per heavy atom. The van der Waals surface area contributed by atoms with Crippen LogP contribution in [0.3, 0.4) is 0 Å². The molecule has 4 nitrogen and oxygen atoms in total. The van der Waals surface area contributed by atoms with Crippen LogP contribution in [0.15, 0.2) is 16.6 Å². The Bertz CT molecular complexity index is 366. The third-order valence-corrected chi connectivity index (χ3v) is 2.00. The molecule has 1 atom stereocenters. The molecule has 1 aliphatic heterocycles. The molecule has 1 aliphatic rings.